The Morgan fingerprint density at radius 3 is 2.38 bits per heavy atom. The van der Waals surface area contributed by atoms with Gasteiger partial charge in [-0.1, -0.05) is 73.7 Å². The highest BCUT2D eigenvalue weighted by Crippen LogP contribution is 2.52. The van der Waals surface area contributed by atoms with E-state index in [2.05, 4.69) is 10.3 Å². The fourth-order valence-electron chi connectivity index (χ4n) is 5.79. The van der Waals surface area contributed by atoms with Gasteiger partial charge in [0, 0.05) is 31.4 Å². The maximum atomic E-state index is 14.8. The van der Waals surface area contributed by atoms with Crippen LogP contribution in [-0.4, -0.2) is 47.2 Å². The number of nitrogens with zero attached hydrogens (tertiary/aromatic N) is 2. The van der Waals surface area contributed by atoms with Gasteiger partial charge in [-0.2, -0.15) is 8.42 Å². The predicted molar refractivity (Wildman–Crippen MR) is 141 cm³/mol. The number of quaternary nitrogens is 1. The Balaban J connectivity index is 1.79. The Kier molecular flexibility index (Phi) is 8.08. The first-order valence-electron chi connectivity index (χ1n) is 12.5. The Bertz CT molecular complexity index is 1290. The first-order valence-corrected chi connectivity index (χ1v) is 14.1. The minimum absolute atomic E-state index is 0.146. The van der Waals surface area contributed by atoms with E-state index in [-0.39, 0.29) is 13.1 Å². The molecule has 0 saturated carbocycles. The van der Waals surface area contributed by atoms with Gasteiger partial charge < -0.3 is 15.6 Å². The van der Waals surface area contributed by atoms with Gasteiger partial charge in [-0.15, -0.1) is 0 Å². The van der Waals surface area contributed by atoms with Gasteiger partial charge in [0.1, 0.15) is 5.75 Å². The molecule has 2 heterocycles. The molecule has 3 unspecified atom stereocenters. The zero-order chi connectivity index (χ0) is 26.5. The summed E-state index contributed by atoms with van der Waals surface area (Å²) in [5, 5.41) is 28.9. The average molecular weight is 524 g/mol. The van der Waals surface area contributed by atoms with Gasteiger partial charge in [-0.05, 0) is 35.6 Å². The summed E-state index contributed by atoms with van der Waals surface area (Å²) < 4.78 is 26.1. The summed E-state index contributed by atoms with van der Waals surface area (Å²) in [4.78, 5) is 17.4. The lowest BCUT2D eigenvalue weighted by Crippen LogP contribution is -2.75. The summed E-state index contributed by atoms with van der Waals surface area (Å²) in [6, 6.07) is 21.1. The molecule has 2 aromatic carbocycles. The van der Waals surface area contributed by atoms with E-state index in [0.29, 0.717) is 30.5 Å². The second-order valence-corrected chi connectivity index (χ2v) is 11.8. The topological polar surface area (TPSA) is 119 Å². The van der Waals surface area contributed by atoms with Crippen molar-refractivity contribution >= 4 is 16.0 Å². The number of nitrogens with one attached hydrogen (secondary N) is 1. The third-order valence-corrected chi connectivity index (χ3v) is 9.56. The van der Waals surface area contributed by atoms with E-state index < -0.39 is 43.2 Å². The number of piperidine rings is 1. The molecule has 0 aliphatic carbocycles. The first-order chi connectivity index (χ1) is 17.7. The van der Waals surface area contributed by atoms with Crippen LogP contribution in [0.2, 0.25) is 0 Å². The summed E-state index contributed by atoms with van der Waals surface area (Å²) in [6.45, 7) is 1.93. The summed E-state index contributed by atoms with van der Waals surface area (Å²) in [7, 11) is -4.49. The number of hydrogen-bond acceptors (Lipinski definition) is 6. The van der Waals surface area contributed by atoms with Crippen LogP contribution >= 0.6 is 0 Å². The molecular formula is C28H33N3O5S. The number of benzene rings is 2. The minimum Gasteiger partial charge on any atom is -0.616 e. The van der Waals surface area contributed by atoms with Gasteiger partial charge in [0.25, 0.3) is 0 Å². The molecule has 3 aromatic rings. The van der Waals surface area contributed by atoms with Gasteiger partial charge in [0.05, 0.1) is 12.5 Å². The van der Waals surface area contributed by atoms with Crippen LogP contribution < -0.4 is 5.32 Å². The molecule has 2 N–H and O–H groups in total. The summed E-state index contributed by atoms with van der Waals surface area (Å²) in [5.74, 6) is -3.50. The Morgan fingerprint density at radius 1 is 1.11 bits per heavy atom. The maximum Gasteiger partial charge on any atom is 0.368 e. The molecule has 0 bridgehead atoms. The van der Waals surface area contributed by atoms with Crippen molar-refractivity contribution in [2.45, 2.75) is 43.5 Å². The number of aliphatic carboxylic acids is 1. The third kappa shape index (κ3) is 5.04. The molecule has 8 nitrogen and oxygen atoms in total. The van der Waals surface area contributed by atoms with Crippen LogP contribution in [0.3, 0.4) is 0 Å². The van der Waals surface area contributed by atoms with Crippen LogP contribution in [0.15, 0.2) is 85.2 Å². The van der Waals surface area contributed by atoms with E-state index in [0.717, 1.165) is 5.56 Å². The first kappa shape index (κ1) is 26.9. The van der Waals surface area contributed by atoms with Crippen molar-refractivity contribution in [3.8, 4) is 0 Å². The van der Waals surface area contributed by atoms with E-state index >= 15 is 0 Å². The second-order valence-electron chi connectivity index (χ2n) is 9.74. The molecule has 1 aliphatic rings. The second kappa shape index (κ2) is 11.1. The smallest absolute Gasteiger partial charge is 0.368 e. The van der Waals surface area contributed by atoms with Crippen molar-refractivity contribution in [2.24, 2.45) is 5.92 Å². The summed E-state index contributed by atoms with van der Waals surface area (Å²) >= 11 is 0. The molecule has 0 amide bonds. The third-order valence-electron chi connectivity index (χ3n) is 7.48. The van der Waals surface area contributed by atoms with Gasteiger partial charge >= 0.3 is 16.0 Å². The Labute approximate surface area is 218 Å². The van der Waals surface area contributed by atoms with Crippen molar-refractivity contribution < 1.29 is 22.4 Å². The van der Waals surface area contributed by atoms with E-state index in [1.54, 1.807) is 73.9 Å². The normalized spacial score (nSPS) is 24.9. The Morgan fingerprint density at radius 2 is 1.76 bits per heavy atom. The van der Waals surface area contributed by atoms with Gasteiger partial charge in [-0.3, -0.25) is 4.98 Å². The van der Waals surface area contributed by atoms with Crippen molar-refractivity contribution in [3.63, 3.8) is 0 Å². The number of hydrogen-bond donors (Lipinski definition) is 2. The SMILES string of the molecule is CC(CNCc1cccnc1)C1(C(=O)O)C(c2ccccc2)CCC[N@+]1([O-])S(=O)(=O)Cc1ccccc1. The monoisotopic (exact) mass is 523 g/mol. The lowest BCUT2D eigenvalue weighted by atomic mass is 9.67. The molecule has 1 aromatic heterocycles. The highest BCUT2D eigenvalue weighted by molar-refractivity contribution is 7.85. The fraction of sp³-hybridized carbons (Fsp3) is 0.357. The quantitative estimate of drug-likeness (QED) is 0.304. The standard InChI is InChI=1S/C28H33N3O5S/c1-22(18-30-20-24-12-8-16-29-19-24)28(27(32)33)26(25-13-6-3-7-14-25)15-9-17-31(28,34)37(35,36)21-23-10-4-2-5-11-23/h2-8,10-14,16,19,22,26,30H,9,15,17-18,20-21H2,1H3,(H,32,33)/t22?,26?,28?,31-/m0/s1. The van der Waals surface area contributed by atoms with Crippen LogP contribution in [0.1, 0.15) is 42.4 Å². The van der Waals surface area contributed by atoms with Gasteiger partial charge in [0.15, 0.2) is 0 Å². The van der Waals surface area contributed by atoms with Crippen LogP contribution in [-0.2, 0) is 27.1 Å². The van der Waals surface area contributed by atoms with Crippen LogP contribution in [0, 0.1) is 11.1 Å². The highest BCUT2D eigenvalue weighted by Gasteiger charge is 2.67. The maximum absolute atomic E-state index is 14.8. The zero-order valence-corrected chi connectivity index (χ0v) is 21.7. The highest BCUT2D eigenvalue weighted by atomic mass is 32.2. The summed E-state index contributed by atoms with van der Waals surface area (Å²) in [6.07, 6.45) is 4.09. The predicted octanol–water partition coefficient (Wildman–Crippen LogP) is 4.05. The number of hydroxylamine groups is 2. The van der Waals surface area contributed by atoms with Crippen molar-refractivity contribution in [2.75, 3.05) is 13.1 Å². The molecule has 1 aliphatic heterocycles. The molecule has 4 atom stereocenters. The molecule has 1 fully saturated rings. The molecule has 0 spiro atoms. The van der Waals surface area contributed by atoms with E-state index in [1.165, 1.54) is 0 Å². The van der Waals surface area contributed by atoms with Crippen LogP contribution in [0.4, 0.5) is 0 Å². The van der Waals surface area contributed by atoms with Crippen molar-refractivity contribution in [1.29, 1.82) is 0 Å². The van der Waals surface area contributed by atoms with Gasteiger partial charge in [0.2, 0.25) is 5.54 Å². The van der Waals surface area contributed by atoms with Crippen LogP contribution in [0.5, 0.6) is 0 Å². The number of carboxylic acids is 1. The summed E-state index contributed by atoms with van der Waals surface area (Å²) in [5.41, 5.74) is -0.118. The van der Waals surface area contributed by atoms with Crippen molar-refractivity contribution in [3.05, 3.63) is 107 Å². The molecule has 37 heavy (non-hydrogen) atoms. The van der Waals surface area contributed by atoms with E-state index in [4.69, 9.17) is 0 Å². The lowest BCUT2D eigenvalue weighted by molar-refractivity contribution is -0.818. The average Bonchev–Trinajstić information content (AvgIpc) is 2.89. The number of rotatable bonds is 10. The zero-order valence-electron chi connectivity index (χ0n) is 20.9. The number of sulfonamides is 1. The lowest BCUT2D eigenvalue weighted by Gasteiger charge is -2.59. The van der Waals surface area contributed by atoms with E-state index in [1.807, 2.05) is 18.2 Å². The largest absolute Gasteiger partial charge is 0.616 e. The molecule has 0 radical (unpaired) electrons. The number of carboxylic acid groups (broad SMARTS) is 1. The molecule has 1 saturated heterocycles. The van der Waals surface area contributed by atoms with E-state index in [9.17, 15) is 23.5 Å². The molecular weight excluding hydrogens is 490 g/mol. The molecule has 9 heteroatoms. The fourth-order valence-corrected chi connectivity index (χ4v) is 7.86. The van der Waals surface area contributed by atoms with Gasteiger partial charge in [-0.25, -0.2) is 8.85 Å². The molecule has 196 valence electrons. The number of carbonyl (C=O) groups is 1. The molecule has 4 rings (SSSR count). The number of aromatic nitrogens is 1. The Hall–Kier alpha value is -3.11. The van der Waals surface area contributed by atoms with Crippen LogP contribution in [0.25, 0.3) is 0 Å². The van der Waals surface area contributed by atoms with Crippen molar-refractivity contribution in [1.82, 2.24) is 10.3 Å². The minimum atomic E-state index is -4.49. The number of pyridine rings is 1.